The minimum Gasteiger partial charge on any atom is -0.453 e. The third-order valence-electron chi connectivity index (χ3n) is 4.64. The highest BCUT2D eigenvalue weighted by atomic mass is 35.5. The van der Waals surface area contributed by atoms with Crippen LogP contribution in [0.2, 0.25) is 5.02 Å². The van der Waals surface area contributed by atoms with Gasteiger partial charge in [-0.15, -0.1) is 5.10 Å². The number of hydrogen-bond donors (Lipinski definition) is 1. The Morgan fingerprint density at radius 3 is 2.45 bits per heavy atom. The molecular weight excluding hydrogens is 438 g/mol. The maximum Gasteiger partial charge on any atom is 0.416 e. The summed E-state index contributed by atoms with van der Waals surface area (Å²) in [6, 6.07) is 14.0. The van der Waals surface area contributed by atoms with E-state index in [0.29, 0.717) is 23.2 Å². The predicted octanol–water partition coefficient (Wildman–Crippen LogP) is 5.62. The zero-order valence-corrected chi connectivity index (χ0v) is 16.4. The first-order valence-electron chi connectivity index (χ1n) is 9.03. The minimum atomic E-state index is -4.74. The van der Waals surface area contributed by atoms with Gasteiger partial charge in [-0.05, 0) is 29.8 Å². The number of hydrogen-bond acceptors (Lipinski definition) is 4. The number of nitrogens with zero attached hydrogens (tertiary/aromatic N) is 3. The molecule has 0 unspecified atom stereocenters. The van der Waals surface area contributed by atoms with Crippen LogP contribution < -0.4 is 4.74 Å². The Kier molecular flexibility index (Phi) is 5.55. The van der Waals surface area contributed by atoms with Crippen molar-refractivity contribution in [3.8, 4) is 11.5 Å². The number of benzene rings is 3. The second-order valence-electron chi connectivity index (χ2n) is 6.66. The number of rotatable bonds is 5. The SMILES string of the molecule is OC[C@H](c1ccccc1)n1nnc2ccc(Oc3c(F)cc(C(F)(F)F)cc3Cl)cc21. The minimum absolute atomic E-state index is 0.112. The van der Waals surface area contributed by atoms with Crippen LogP contribution in [0.1, 0.15) is 17.2 Å². The quantitative estimate of drug-likeness (QED) is 0.400. The second kappa shape index (κ2) is 8.16. The zero-order chi connectivity index (χ0) is 22.2. The van der Waals surface area contributed by atoms with Crippen LogP contribution >= 0.6 is 11.6 Å². The summed E-state index contributed by atoms with van der Waals surface area (Å²) in [7, 11) is 0. The van der Waals surface area contributed by atoms with Gasteiger partial charge in [0.05, 0.1) is 22.7 Å². The Bertz CT molecular complexity index is 1210. The molecule has 1 atom stereocenters. The molecule has 0 fully saturated rings. The predicted molar refractivity (Wildman–Crippen MR) is 106 cm³/mol. The van der Waals surface area contributed by atoms with Crippen molar-refractivity contribution in [3.05, 3.63) is 82.6 Å². The largest absolute Gasteiger partial charge is 0.453 e. The summed E-state index contributed by atoms with van der Waals surface area (Å²) >= 11 is 5.84. The van der Waals surface area contributed by atoms with Gasteiger partial charge in [-0.2, -0.15) is 13.2 Å². The van der Waals surface area contributed by atoms with Gasteiger partial charge in [0.1, 0.15) is 17.3 Å². The first-order valence-corrected chi connectivity index (χ1v) is 9.40. The molecule has 4 aromatic rings. The molecule has 31 heavy (non-hydrogen) atoms. The molecule has 5 nitrogen and oxygen atoms in total. The highest BCUT2D eigenvalue weighted by Crippen LogP contribution is 2.39. The molecule has 0 aliphatic heterocycles. The molecule has 160 valence electrons. The molecule has 0 aliphatic rings. The normalized spacial score (nSPS) is 12.8. The molecular formula is C21H14ClF4N3O2. The summed E-state index contributed by atoms with van der Waals surface area (Å²) in [5.41, 5.74) is 0.540. The number of aliphatic hydroxyl groups is 1. The third-order valence-corrected chi connectivity index (χ3v) is 4.92. The standard InChI is InChI=1S/C21H14ClF4N3O2/c22-15-8-13(21(24,25)26)9-16(23)20(15)31-14-6-7-17-18(10-14)29(28-27-17)19(11-30)12-4-2-1-3-5-12/h1-10,19,30H,11H2/t19-/m1/s1. The van der Waals surface area contributed by atoms with Crippen molar-refractivity contribution in [2.75, 3.05) is 6.61 Å². The van der Waals surface area contributed by atoms with Gasteiger partial charge in [-0.1, -0.05) is 47.1 Å². The highest BCUT2D eigenvalue weighted by Gasteiger charge is 2.32. The maximum atomic E-state index is 14.3. The number of fused-ring (bicyclic) bond motifs is 1. The lowest BCUT2D eigenvalue weighted by atomic mass is 10.1. The van der Waals surface area contributed by atoms with Crippen molar-refractivity contribution in [3.63, 3.8) is 0 Å². The molecule has 1 aromatic heterocycles. The second-order valence-corrected chi connectivity index (χ2v) is 7.07. The van der Waals surface area contributed by atoms with Gasteiger partial charge in [0.25, 0.3) is 0 Å². The van der Waals surface area contributed by atoms with Crippen molar-refractivity contribution >= 4 is 22.6 Å². The van der Waals surface area contributed by atoms with Crippen molar-refractivity contribution in [1.82, 2.24) is 15.0 Å². The first-order chi connectivity index (χ1) is 14.8. The number of halogens is 5. The van der Waals surface area contributed by atoms with E-state index < -0.39 is 34.4 Å². The average molecular weight is 452 g/mol. The van der Waals surface area contributed by atoms with Crippen molar-refractivity contribution in [2.24, 2.45) is 0 Å². The van der Waals surface area contributed by atoms with Gasteiger partial charge in [0.15, 0.2) is 11.6 Å². The van der Waals surface area contributed by atoms with Crippen LogP contribution in [0.25, 0.3) is 11.0 Å². The third kappa shape index (κ3) is 4.19. The van der Waals surface area contributed by atoms with Crippen LogP contribution in [0.5, 0.6) is 11.5 Å². The molecule has 0 saturated heterocycles. The number of aromatic nitrogens is 3. The first kappa shape index (κ1) is 21.1. The van der Waals surface area contributed by atoms with E-state index in [9.17, 15) is 22.7 Å². The Morgan fingerprint density at radius 1 is 1.06 bits per heavy atom. The summed E-state index contributed by atoms with van der Waals surface area (Å²) in [5, 5.41) is 17.5. The molecule has 0 bridgehead atoms. The average Bonchev–Trinajstić information content (AvgIpc) is 3.14. The monoisotopic (exact) mass is 451 g/mol. The molecule has 0 amide bonds. The smallest absolute Gasteiger partial charge is 0.416 e. The fourth-order valence-corrected chi connectivity index (χ4v) is 3.39. The summed E-state index contributed by atoms with van der Waals surface area (Å²) in [4.78, 5) is 0. The van der Waals surface area contributed by atoms with Crippen molar-refractivity contribution in [1.29, 1.82) is 0 Å². The van der Waals surface area contributed by atoms with E-state index in [2.05, 4.69) is 10.3 Å². The van der Waals surface area contributed by atoms with E-state index in [0.717, 1.165) is 5.56 Å². The van der Waals surface area contributed by atoms with E-state index in [1.165, 1.54) is 16.8 Å². The highest BCUT2D eigenvalue weighted by molar-refractivity contribution is 6.32. The molecule has 1 heterocycles. The van der Waals surface area contributed by atoms with Crippen LogP contribution in [0.15, 0.2) is 60.7 Å². The van der Waals surface area contributed by atoms with Gasteiger partial charge in [0.2, 0.25) is 0 Å². The van der Waals surface area contributed by atoms with Crippen LogP contribution in [0.3, 0.4) is 0 Å². The molecule has 0 saturated carbocycles. The van der Waals surface area contributed by atoms with Gasteiger partial charge in [0, 0.05) is 6.07 Å². The van der Waals surface area contributed by atoms with Crippen LogP contribution in [0, 0.1) is 5.82 Å². The number of aliphatic hydroxyl groups excluding tert-OH is 1. The van der Waals surface area contributed by atoms with Crippen LogP contribution in [-0.4, -0.2) is 26.7 Å². The van der Waals surface area contributed by atoms with Gasteiger partial charge >= 0.3 is 6.18 Å². The van der Waals surface area contributed by atoms with Gasteiger partial charge in [-0.3, -0.25) is 0 Å². The lowest BCUT2D eigenvalue weighted by molar-refractivity contribution is -0.137. The van der Waals surface area contributed by atoms with E-state index in [1.807, 2.05) is 30.3 Å². The van der Waals surface area contributed by atoms with Gasteiger partial charge < -0.3 is 9.84 Å². The van der Waals surface area contributed by atoms with E-state index in [-0.39, 0.29) is 12.4 Å². The number of alkyl halides is 3. The lowest BCUT2D eigenvalue weighted by Gasteiger charge is -2.16. The van der Waals surface area contributed by atoms with Crippen molar-refractivity contribution < 1.29 is 27.4 Å². The van der Waals surface area contributed by atoms with Crippen LogP contribution in [0.4, 0.5) is 17.6 Å². The molecule has 10 heteroatoms. The summed E-state index contributed by atoms with van der Waals surface area (Å²) in [5.74, 6) is -1.67. The topological polar surface area (TPSA) is 60.2 Å². The maximum absolute atomic E-state index is 14.3. The van der Waals surface area contributed by atoms with Crippen molar-refractivity contribution in [2.45, 2.75) is 12.2 Å². The van der Waals surface area contributed by atoms with Crippen LogP contribution in [-0.2, 0) is 6.18 Å². The van der Waals surface area contributed by atoms with E-state index in [1.54, 1.807) is 6.07 Å². The van der Waals surface area contributed by atoms with Gasteiger partial charge in [-0.25, -0.2) is 9.07 Å². The summed E-state index contributed by atoms with van der Waals surface area (Å²) < 4.78 is 59.7. The van der Waals surface area contributed by atoms with E-state index in [4.69, 9.17) is 16.3 Å². The zero-order valence-electron chi connectivity index (χ0n) is 15.6. The van der Waals surface area contributed by atoms with E-state index >= 15 is 0 Å². The molecule has 3 aromatic carbocycles. The Labute approximate surface area is 178 Å². The molecule has 0 spiro atoms. The fraction of sp³-hybridized carbons (Fsp3) is 0.143. The lowest BCUT2D eigenvalue weighted by Crippen LogP contribution is -2.16. The Balaban J connectivity index is 1.72. The summed E-state index contributed by atoms with van der Waals surface area (Å²) in [6.45, 7) is -0.257. The molecule has 0 aliphatic carbocycles. The Morgan fingerprint density at radius 2 is 1.81 bits per heavy atom. The summed E-state index contributed by atoms with van der Waals surface area (Å²) in [6.07, 6.45) is -4.74. The fourth-order valence-electron chi connectivity index (χ4n) is 3.15. The number of ether oxygens (including phenoxy) is 1. The molecule has 4 rings (SSSR count). The molecule has 0 radical (unpaired) electrons. The molecule has 1 N–H and O–H groups in total. The Hall–Kier alpha value is -3.17.